The van der Waals surface area contributed by atoms with E-state index in [1.807, 2.05) is 35.2 Å². The number of hydrogen-bond donors (Lipinski definition) is 1. The number of rotatable bonds is 2. The van der Waals surface area contributed by atoms with Gasteiger partial charge in [0.1, 0.15) is 5.69 Å². The second-order valence-electron chi connectivity index (χ2n) is 6.97. The van der Waals surface area contributed by atoms with Crippen LogP contribution < -0.4 is 5.56 Å². The molecule has 0 saturated carbocycles. The molecule has 2 aromatic rings. The minimum Gasteiger partial charge on any atom is -0.337 e. The summed E-state index contributed by atoms with van der Waals surface area (Å²) in [4.78, 5) is 39.7. The fraction of sp³-hybridized carbons (Fsp3) is 0.368. The largest absolute Gasteiger partial charge is 0.337 e. The minimum atomic E-state index is -0.332. The maximum Gasteiger partial charge on any atom is 0.274 e. The van der Waals surface area contributed by atoms with Gasteiger partial charge in [0, 0.05) is 44.5 Å². The minimum absolute atomic E-state index is 0.0139. The van der Waals surface area contributed by atoms with E-state index < -0.39 is 0 Å². The maximum absolute atomic E-state index is 12.7. The van der Waals surface area contributed by atoms with Crippen molar-refractivity contribution in [3.8, 4) is 0 Å². The molecule has 0 aliphatic carbocycles. The Morgan fingerprint density at radius 2 is 1.85 bits per heavy atom. The molecule has 7 nitrogen and oxygen atoms in total. The molecule has 7 heteroatoms. The molecule has 0 spiro atoms. The fourth-order valence-electron chi connectivity index (χ4n) is 4.24. The van der Waals surface area contributed by atoms with Gasteiger partial charge in [-0.1, -0.05) is 30.3 Å². The first kappa shape index (κ1) is 16.5. The summed E-state index contributed by atoms with van der Waals surface area (Å²) in [5, 5.41) is 6.15. The van der Waals surface area contributed by atoms with E-state index in [1.54, 1.807) is 11.8 Å². The van der Waals surface area contributed by atoms with Crippen molar-refractivity contribution in [2.45, 2.75) is 13.0 Å². The van der Waals surface area contributed by atoms with Gasteiger partial charge in [-0.2, -0.15) is 5.10 Å². The first-order chi connectivity index (χ1) is 12.5. The van der Waals surface area contributed by atoms with Crippen LogP contribution in [0.4, 0.5) is 0 Å². The van der Waals surface area contributed by atoms with Crippen molar-refractivity contribution >= 4 is 11.8 Å². The Bertz CT molecular complexity index is 875. The van der Waals surface area contributed by atoms with Crippen molar-refractivity contribution in [3.05, 3.63) is 64.1 Å². The summed E-state index contributed by atoms with van der Waals surface area (Å²) in [5.74, 6) is 0.328. The van der Waals surface area contributed by atoms with Crippen molar-refractivity contribution in [3.63, 3.8) is 0 Å². The van der Waals surface area contributed by atoms with Crippen LogP contribution in [0.2, 0.25) is 0 Å². The number of likely N-dealkylation sites (tertiary alicyclic amines) is 2. The molecule has 2 amide bonds. The van der Waals surface area contributed by atoms with Crippen molar-refractivity contribution < 1.29 is 9.59 Å². The summed E-state index contributed by atoms with van der Waals surface area (Å²) in [5.41, 5.74) is 1.01. The second kappa shape index (κ2) is 6.40. The quantitative estimate of drug-likeness (QED) is 0.876. The molecule has 3 atom stereocenters. The third kappa shape index (κ3) is 2.79. The molecule has 0 unspecified atom stereocenters. The van der Waals surface area contributed by atoms with Crippen molar-refractivity contribution in [2.24, 2.45) is 11.8 Å². The predicted molar refractivity (Wildman–Crippen MR) is 94.3 cm³/mol. The molecule has 26 heavy (non-hydrogen) atoms. The molecular formula is C19H20N4O3. The van der Waals surface area contributed by atoms with E-state index in [0.29, 0.717) is 19.6 Å². The number of nitrogens with one attached hydrogen (secondary N) is 1. The van der Waals surface area contributed by atoms with E-state index in [-0.39, 0.29) is 40.9 Å². The van der Waals surface area contributed by atoms with Gasteiger partial charge in [-0.3, -0.25) is 14.4 Å². The van der Waals surface area contributed by atoms with Gasteiger partial charge < -0.3 is 9.80 Å². The first-order valence-electron chi connectivity index (χ1n) is 8.72. The standard InChI is InChI=1S/C19H20N4O3/c1-12(24)23-10-14-9-22(19(26)16-7-8-17(25)21-20-16)11-15(14)18(23)13-5-3-2-4-6-13/h2-8,14-15,18H,9-11H2,1H3,(H,21,25)/t14-,15-,18-/m1/s1. The van der Waals surface area contributed by atoms with E-state index in [9.17, 15) is 14.4 Å². The molecule has 134 valence electrons. The Balaban J connectivity index is 1.58. The van der Waals surface area contributed by atoms with Gasteiger partial charge in [0.15, 0.2) is 0 Å². The number of aromatic nitrogens is 2. The molecule has 4 rings (SSSR count). The van der Waals surface area contributed by atoms with Crippen LogP contribution in [0, 0.1) is 11.8 Å². The molecule has 0 bridgehead atoms. The molecule has 3 heterocycles. The van der Waals surface area contributed by atoms with Gasteiger partial charge in [0.05, 0.1) is 6.04 Å². The van der Waals surface area contributed by atoms with Crippen LogP contribution in [0.3, 0.4) is 0 Å². The van der Waals surface area contributed by atoms with Crippen LogP contribution in [0.5, 0.6) is 0 Å². The lowest BCUT2D eigenvalue weighted by Gasteiger charge is -2.29. The zero-order valence-corrected chi connectivity index (χ0v) is 14.5. The van der Waals surface area contributed by atoms with Gasteiger partial charge in [-0.15, -0.1) is 0 Å². The second-order valence-corrected chi connectivity index (χ2v) is 6.97. The number of amides is 2. The monoisotopic (exact) mass is 352 g/mol. The molecule has 1 aromatic carbocycles. The highest BCUT2D eigenvalue weighted by Crippen LogP contribution is 2.45. The summed E-state index contributed by atoms with van der Waals surface area (Å²) in [7, 11) is 0. The van der Waals surface area contributed by atoms with Gasteiger partial charge in [0.25, 0.3) is 11.5 Å². The Kier molecular flexibility index (Phi) is 4.06. The third-order valence-electron chi connectivity index (χ3n) is 5.40. The van der Waals surface area contributed by atoms with Gasteiger partial charge in [-0.25, -0.2) is 5.10 Å². The van der Waals surface area contributed by atoms with Crippen LogP contribution in [-0.2, 0) is 4.79 Å². The number of fused-ring (bicyclic) bond motifs is 1. The predicted octanol–water partition coefficient (Wildman–Crippen LogP) is 1.06. The van der Waals surface area contributed by atoms with Crippen LogP contribution in [-0.4, -0.2) is 51.4 Å². The van der Waals surface area contributed by atoms with Crippen molar-refractivity contribution in [2.75, 3.05) is 19.6 Å². The molecule has 2 saturated heterocycles. The van der Waals surface area contributed by atoms with Gasteiger partial charge >= 0.3 is 0 Å². The maximum atomic E-state index is 12.7. The molecule has 0 radical (unpaired) electrons. The van der Waals surface area contributed by atoms with E-state index in [1.165, 1.54) is 12.1 Å². The van der Waals surface area contributed by atoms with E-state index >= 15 is 0 Å². The molecule has 2 aliphatic heterocycles. The van der Waals surface area contributed by atoms with Crippen molar-refractivity contribution in [1.82, 2.24) is 20.0 Å². The number of hydrogen-bond acceptors (Lipinski definition) is 4. The summed E-state index contributed by atoms with van der Waals surface area (Å²) in [6, 6.07) is 12.7. The Labute approximate surface area is 150 Å². The lowest BCUT2D eigenvalue weighted by atomic mass is 9.89. The normalized spacial score (nSPS) is 24.6. The lowest BCUT2D eigenvalue weighted by molar-refractivity contribution is -0.130. The smallest absolute Gasteiger partial charge is 0.274 e. The zero-order chi connectivity index (χ0) is 18.3. The fourth-order valence-corrected chi connectivity index (χ4v) is 4.24. The number of nitrogens with zero attached hydrogens (tertiary/aromatic N) is 3. The first-order valence-corrected chi connectivity index (χ1v) is 8.72. The van der Waals surface area contributed by atoms with E-state index in [4.69, 9.17) is 0 Å². The Hall–Kier alpha value is -2.96. The van der Waals surface area contributed by atoms with E-state index in [0.717, 1.165) is 5.56 Å². The van der Waals surface area contributed by atoms with Crippen LogP contribution in [0.25, 0.3) is 0 Å². The molecule has 1 aromatic heterocycles. The van der Waals surface area contributed by atoms with Crippen LogP contribution in [0.15, 0.2) is 47.3 Å². The molecule has 2 fully saturated rings. The highest BCUT2D eigenvalue weighted by atomic mass is 16.2. The van der Waals surface area contributed by atoms with E-state index in [2.05, 4.69) is 10.2 Å². The zero-order valence-electron chi connectivity index (χ0n) is 14.5. The number of carbonyl (C=O) groups is 2. The van der Waals surface area contributed by atoms with Gasteiger partial charge in [-0.05, 0) is 11.6 Å². The summed E-state index contributed by atoms with van der Waals surface area (Å²) in [6.07, 6.45) is 0. The lowest BCUT2D eigenvalue weighted by Crippen LogP contribution is -2.37. The highest BCUT2D eigenvalue weighted by Gasteiger charge is 2.49. The van der Waals surface area contributed by atoms with Crippen LogP contribution in [0.1, 0.15) is 29.0 Å². The number of carbonyl (C=O) groups excluding carboxylic acids is 2. The molecule has 1 N–H and O–H groups in total. The SMILES string of the molecule is CC(=O)N1C[C@H]2CN(C(=O)c3ccc(=O)[nH]n3)C[C@H]2[C@H]1c1ccccc1. The number of aromatic amines is 1. The Morgan fingerprint density at radius 3 is 2.50 bits per heavy atom. The number of benzene rings is 1. The molecular weight excluding hydrogens is 332 g/mol. The highest BCUT2D eigenvalue weighted by molar-refractivity contribution is 5.92. The summed E-state index contributed by atoms with van der Waals surface area (Å²) >= 11 is 0. The average Bonchev–Trinajstić information content (AvgIpc) is 3.20. The molecule has 2 aliphatic rings. The average molecular weight is 352 g/mol. The number of H-pyrrole nitrogens is 1. The van der Waals surface area contributed by atoms with Gasteiger partial charge in [0.2, 0.25) is 5.91 Å². The third-order valence-corrected chi connectivity index (χ3v) is 5.40. The van der Waals surface area contributed by atoms with Crippen LogP contribution >= 0.6 is 0 Å². The summed E-state index contributed by atoms with van der Waals surface area (Å²) < 4.78 is 0. The Morgan fingerprint density at radius 1 is 1.08 bits per heavy atom. The summed E-state index contributed by atoms with van der Waals surface area (Å²) in [6.45, 7) is 3.43. The topological polar surface area (TPSA) is 86.4 Å². The van der Waals surface area contributed by atoms with Crippen molar-refractivity contribution in [1.29, 1.82) is 0 Å².